The molecule has 1 aliphatic heterocycles. The first-order valence-corrected chi connectivity index (χ1v) is 8.57. The van der Waals surface area contributed by atoms with Crippen LogP contribution in [0.2, 0.25) is 0 Å². The van der Waals surface area contributed by atoms with Crippen molar-refractivity contribution in [3.05, 3.63) is 20.3 Å². The molecule has 1 saturated carbocycles. The lowest BCUT2D eigenvalue weighted by atomic mass is 9.78. The van der Waals surface area contributed by atoms with Gasteiger partial charge in [-0.1, -0.05) is 6.42 Å². The molecule has 2 heterocycles. The summed E-state index contributed by atoms with van der Waals surface area (Å²) in [6.45, 7) is 6.91. The van der Waals surface area contributed by atoms with E-state index >= 15 is 0 Å². The molecule has 1 aromatic heterocycles. The smallest absolute Gasteiger partial charge is 0.0731 e. The van der Waals surface area contributed by atoms with Crippen molar-refractivity contribution in [1.29, 1.82) is 0 Å². The van der Waals surface area contributed by atoms with Crippen molar-refractivity contribution in [2.45, 2.75) is 32.2 Å². The Labute approximate surface area is 122 Å². The summed E-state index contributed by atoms with van der Waals surface area (Å²) in [5.41, 5.74) is 1.40. The Kier molecular flexibility index (Phi) is 4.09. The number of thiophene rings is 1. The first-order chi connectivity index (χ1) is 8.75. The molecule has 0 spiro atoms. The van der Waals surface area contributed by atoms with E-state index in [0.717, 1.165) is 19.0 Å². The summed E-state index contributed by atoms with van der Waals surface area (Å²) < 4.78 is 1.32. The Hall–Kier alpha value is 0.100. The average Bonchev–Trinajstić information content (AvgIpc) is 2.65. The molecule has 1 saturated heterocycles. The fraction of sp³-hybridized carbons (Fsp3) is 0.714. The number of halogens is 1. The highest BCUT2D eigenvalue weighted by Gasteiger charge is 2.34. The summed E-state index contributed by atoms with van der Waals surface area (Å²) in [6, 6.07) is 3.08. The molecule has 1 N–H and O–H groups in total. The second kappa shape index (κ2) is 5.61. The molecule has 0 amide bonds. The maximum absolute atomic E-state index is 3.69. The van der Waals surface area contributed by atoms with Crippen molar-refractivity contribution in [2.75, 3.05) is 26.2 Å². The molecule has 4 heteroatoms. The van der Waals surface area contributed by atoms with Crippen molar-refractivity contribution in [3.8, 4) is 0 Å². The van der Waals surface area contributed by atoms with E-state index in [4.69, 9.17) is 0 Å². The largest absolute Gasteiger partial charge is 0.314 e. The minimum atomic E-state index is 0.677. The molecule has 100 valence electrons. The lowest BCUT2D eigenvalue weighted by molar-refractivity contribution is 0.0860. The Morgan fingerprint density at radius 3 is 2.61 bits per heavy atom. The van der Waals surface area contributed by atoms with Crippen LogP contribution >= 0.6 is 27.3 Å². The fourth-order valence-electron chi connectivity index (χ4n) is 3.06. The molecule has 3 rings (SSSR count). The van der Waals surface area contributed by atoms with Gasteiger partial charge in [0.25, 0.3) is 0 Å². The summed E-state index contributed by atoms with van der Waals surface area (Å²) >= 11 is 5.63. The van der Waals surface area contributed by atoms with Gasteiger partial charge in [-0.3, -0.25) is 4.90 Å². The minimum absolute atomic E-state index is 0.677. The number of nitrogens with one attached hydrogen (secondary N) is 1. The molecule has 0 unspecified atom stereocenters. The first-order valence-electron chi connectivity index (χ1n) is 6.96. The third-order valence-corrected chi connectivity index (χ3v) is 6.52. The molecule has 0 aromatic carbocycles. The van der Waals surface area contributed by atoms with E-state index in [1.165, 1.54) is 41.7 Å². The van der Waals surface area contributed by atoms with Crippen LogP contribution in [0.5, 0.6) is 0 Å². The van der Waals surface area contributed by atoms with Crippen molar-refractivity contribution >= 4 is 27.3 Å². The van der Waals surface area contributed by atoms with Crippen LogP contribution in [-0.4, -0.2) is 31.1 Å². The Bertz CT molecular complexity index is 388. The molecule has 1 aromatic rings. The van der Waals surface area contributed by atoms with Gasteiger partial charge in [0.15, 0.2) is 0 Å². The average molecular weight is 329 g/mol. The van der Waals surface area contributed by atoms with Crippen LogP contribution in [0.3, 0.4) is 0 Å². The third-order valence-electron chi connectivity index (χ3n) is 4.31. The number of nitrogens with zero attached hydrogens (tertiary/aromatic N) is 1. The summed E-state index contributed by atoms with van der Waals surface area (Å²) in [7, 11) is 0. The van der Waals surface area contributed by atoms with Crippen LogP contribution in [0.15, 0.2) is 9.85 Å². The molecular weight excluding hydrogens is 308 g/mol. The molecule has 1 atom stereocenters. The SMILES string of the molecule is Cc1cc([C@@H](C2CCC2)N2CCNCC2)sc1Br. The second-order valence-electron chi connectivity index (χ2n) is 5.53. The second-order valence-corrected chi connectivity index (χ2v) is 7.93. The summed E-state index contributed by atoms with van der Waals surface area (Å²) in [4.78, 5) is 4.28. The lowest BCUT2D eigenvalue weighted by Crippen LogP contribution is -2.47. The lowest BCUT2D eigenvalue weighted by Gasteiger charge is -2.42. The molecule has 2 aliphatic rings. The maximum Gasteiger partial charge on any atom is 0.0731 e. The Morgan fingerprint density at radius 1 is 1.39 bits per heavy atom. The topological polar surface area (TPSA) is 15.3 Å². The van der Waals surface area contributed by atoms with Crippen molar-refractivity contribution in [3.63, 3.8) is 0 Å². The van der Waals surface area contributed by atoms with Gasteiger partial charge in [-0.25, -0.2) is 0 Å². The van der Waals surface area contributed by atoms with Crippen LogP contribution < -0.4 is 5.32 Å². The van der Waals surface area contributed by atoms with E-state index in [1.54, 1.807) is 4.88 Å². The standard InChI is InChI=1S/C14H21BrN2S/c1-10-9-12(18-14(10)15)13(11-3-2-4-11)17-7-5-16-6-8-17/h9,11,13,16H,2-8H2,1H3/t13-/m1/s1. The Morgan fingerprint density at radius 2 is 2.11 bits per heavy atom. The predicted octanol–water partition coefficient (Wildman–Crippen LogP) is 3.57. The van der Waals surface area contributed by atoms with E-state index in [-0.39, 0.29) is 0 Å². The molecule has 2 fully saturated rings. The van der Waals surface area contributed by atoms with Crippen LogP contribution in [0.4, 0.5) is 0 Å². The fourth-order valence-corrected chi connectivity index (χ4v) is 4.86. The first kappa shape index (κ1) is 13.1. The van der Waals surface area contributed by atoms with Gasteiger partial charge in [0, 0.05) is 37.1 Å². The van der Waals surface area contributed by atoms with Gasteiger partial charge in [-0.2, -0.15) is 0 Å². The normalized spacial score (nSPS) is 23.9. The minimum Gasteiger partial charge on any atom is -0.314 e. The van der Waals surface area contributed by atoms with Gasteiger partial charge in [-0.05, 0) is 53.2 Å². The summed E-state index contributed by atoms with van der Waals surface area (Å²) in [6.07, 6.45) is 4.27. The third kappa shape index (κ3) is 2.53. The molecule has 18 heavy (non-hydrogen) atoms. The molecular formula is C14H21BrN2S. The molecule has 0 radical (unpaired) electrons. The summed E-state index contributed by atoms with van der Waals surface area (Å²) in [5, 5.41) is 3.47. The number of rotatable bonds is 3. The van der Waals surface area contributed by atoms with Crippen molar-refractivity contribution in [1.82, 2.24) is 10.2 Å². The van der Waals surface area contributed by atoms with E-state index < -0.39 is 0 Å². The quantitative estimate of drug-likeness (QED) is 0.912. The van der Waals surface area contributed by atoms with Crippen LogP contribution in [0.25, 0.3) is 0 Å². The zero-order chi connectivity index (χ0) is 12.5. The zero-order valence-corrected chi connectivity index (χ0v) is 13.3. The highest BCUT2D eigenvalue weighted by molar-refractivity contribution is 9.11. The van der Waals surface area contributed by atoms with Gasteiger partial charge in [-0.15, -0.1) is 11.3 Å². The maximum atomic E-state index is 3.69. The highest BCUT2D eigenvalue weighted by atomic mass is 79.9. The molecule has 0 bridgehead atoms. The highest BCUT2D eigenvalue weighted by Crippen LogP contribution is 2.45. The molecule has 1 aliphatic carbocycles. The summed E-state index contributed by atoms with van der Waals surface area (Å²) in [5.74, 6) is 0.896. The number of hydrogen-bond donors (Lipinski definition) is 1. The van der Waals surface area contributed by atoms with Crippen LogP contribution in [0, 0.1) is 12.8 Å². The number of aryl methyl sites for hydroxylation is 1. The van der Waals surface area contributed by atoms with Crippen molar-refractivity contribution < 1.29 is 0 Å². The van der Waals surface area contributed by atoms with Gasteiger partial charge < -0.3 is 5.32 Å². The van der Waals surface area contributed by atoms with E-state index in [1.807, 2.05) is 11.3 Å². The zero-order valence-electron chi connectivity index (χ0n) is 10.9. The number of piperazine rings is 1. The van der Waals surface area contributed by atoms with Gasteiger partial charge >= 0.3 is 0 Å². The number of hydrogen-bond acceptors (Lipinski definition) is 3. The van der Waals surface area contributed by atoms with Gasteiger partial charge in [0.1, 0.15) is 0 Å². The van der Waals surface area contributed by atoms with Crippen molar-refractivity contribution in [2.24, 2.45) is 5.92 Å². The monoisotopic (exact) mass is 328 g/mol. The van der Waals surface area contributed by atoms with Gasteiger partial charge in [0.05, 0.1) is 3.79 Å². The Balaban J connectivity index is 1.84. The van der Waals surface area contributed by atoms with Crippen LogP contribution in [-0.2, 0) is 0 Å². The van der Waals surface area contributed by atoms with Gasteiger partial charge in [0.2, 0.25) is 0 Å². The van der Waals surface area contributed by atoms with E-state index in [2.05, 4.69) is 39.1 Å². The molecule has 2 nitrogen and oxygen atoms in total. The van der Waals surface area contributed by atoms with Crippen LogP contribution in [0.1, 0.15) is 35.7 Å². The predicted molar refractivity (Wildman–Crippen MR) is 81.3 cm³/mol. The van der Waals surface area contributed by atoms with E-state index in [0.29, 0.717) is 6.04 Å². The van der Waals surface area contributed by atoms with E-state index in [9.17, 15) is 0 Å².